The van der Waals surface area contributed by atoms with Crippen LogP contribution in [0.4, 0.5) is 0 Å². The molecule has 3 heteroatoms. The van der Waals surface area contributed by atoms with Crippen molar-refractivity contribution < 1.29 is 4.79 Å². The molecule has 2 heterocycles. The molecule has 0 aliphatic carbocycles. The van der Waals surface area contributed by atoms with Crippen molar-refractivity contribution in [3.8, 4) is 0 Å². The zero-order valence-electron chi connectivity index (χ0n) is 9.42. The van der Waals surface area contributed by atoms with Gasteiger partial charge in [0.2, 0.25) is 5.91 Å². The maximum atomic E-state index is 11.5. The summed E-state index contributed by atoms with van der Waals surface area (Å²) in [7, 11) is 0. The lowest BCUT2D eigenvalue weighted by atomic mass is 10.0. The number of carbonyl (C=O) groups excluding carboxylic acids is 1. The van der Waals surface area contributed by atoms with Crippen molar-refractivity contribution in [1.82, 2.24) is 9.80 Å². The molecule has 2 aliphatic rings. The molecule has 2 saturated heterocycles. The maximum Gasteiger partial charge on any atom is 0.222 e. The highest BCUT2D eigenvalue weighted by Gasteiger charge is 2.38. The Bertz CT molecular complexity index is 244. The standard InChI is InChI=1S/C11H20N2O/c1-11(2,3)12-6-7-13-9(8-12)4-5-10(13)14/h9H,4-8H2,1-3H3/t9-/m1/s1. The van der Waals surface area contributed by atoms with E-state index in [9.17, 15) is 4.79 Å². The smallest absolute Gasteiger partial charge is 0.222 e. The molecular weight excluding hydrogens is 176 g/mol. The average molecular weight is 196 g/mol. The summed E-state index contributed by atoms with van der Waals surface area (Å²) in [5.74, 6) is 0.364. The Morgan fingerprint density at radius 2 is 2.00 bits per heavy atom. The highest BCUT2D eigenvalue weighted by molar-refractivity contribution is 5.78. The second-order valence-electron chi connectivity index (χ2n) is 5.40. The van der Waals surface area contributed by atoms with Crippen LogP contribution < -0.4 is 0 Å². The van der Waals surface area contributed by atoms with E-state index in [-0.39, 0.29) is 5.54 Å². The van der Waals surface area contributed by atoms with Gasteiger partial charge in [0.05, 0.1) is 0 Å². The number of carbonyl (C=O) groups is 1. The van der Waals surface area contributed by atoms with E-state index >= 15 is 0 Å². The molecule has 0 aromatic carbocycles. The highest BCUT2D eigenvalue weighted by atomic mass is 16.2. The predicted octanol–water partition coefficient (Wildman–Crippen LogP) is 1.09. The zero-order valence-corrected chi connectivity index (χ0v) is 9.42. The number of amides is 1. The Morgan fingerprint density at radius 1 is 1.29 bits per heavy atom. The van der Waals surface area contributed by atoms with Gasteiger partial charge in [0.25, 0.3) is 0 Å². The van der Waals surface area contributed by atoms with Crippen molar-refractivity contribution in [1.29, 1.82) is 0 Å². The number of nitrogens with zero attached hydrogens (tertiary/aromatic N) is 2. The zero-order chi connectivity index (χ0) is 10.3. The lowest BCUT2D eigenvalue weighted by Crippen LogP contribution is -2.56. The predicted molar refractivity (Wildman–Crippen MR) is 56.1 cm³/mol. The Hall–Kier alpha value is -0.570. The fourth-order valence-corrected chi connectivity index (χ4v) is 2.47. The largest absolute Gasteiger partial charge is 0.337 e. The number of hydrogen-bond acceptors (Lipinski definition) is 2. The normalized spacial score (nSPS) is 29.5. The SMILES string of the molecule is CC(C)(C)N1CCN2C(=O)CC[C@@H]2C1. The number of hydrogen-bond donors (Lipinski definition) is 0. The van der Waals surface area contributed by atoms with Crippen LogP contribution >= 0.6 is 0 Å². The van der Waals surface area contributed by atoms with Gasteiger partial charge >= 0.3 is 0 Å². The second kappa shape index (κ2) is 3.23. The van der Waals surface area contributed by atoms with Crippen molar-refractivity contribution in [2.24, 2.45) is 0 Å². The Kier molecular flexibility index (Phi) is 2.30. The molecule has 80 valence electrons. The number of piperazine rings is 1. The van der Waals surface area contributed by atoms with E-state index in [0.717, 1.165) is 32.5 Å². The van der Waals surface area contributed by atoms with E-state index in [2.05, 4.69) is 30.6 Å². The van der Waals surface area contributed by atoms with Crippen molar-refractivity contribution in [2.45, 2.75) is 45.2 Å². The minimum Gasteiger partial charge on any atom is -0.337 e. The maximum absolute atomic E-state index is 11.5. The van der Waals surface area contributed by atoms with Crippen LogP contribution in [0.25, 0.3) is 0 Å². The Balaban J connectivity index is 2.03. The molecule has 2 aliphatic heterocycles. The summed E-state index contributed by atoms with van der Waals surface area (Å²) < 4.78 is 0. The summed E-state index contributed by atoms with van der Waals surface area (Å²) in [6.07, 6.45) is 1.83. The van der Waals surface area contributed by atoms with Gasteiger partial charge in [-0.15, -0.1) is 0 Å². The molecular formula is C11H20N2O. The van der Waals surface area contributed by atoms with Gasteiger partial charge in [0.15, 0.2) is 0 Å². The first-order valence-corrected chi connectivity index (χ1v) is 5.53. The molecule has 2 fully saturated rings. The minimum absolute atomic E-state index is 0.248. The van der Waals surface area contributed by atoms with Gasteiger partial charge in [-0.3, -0.25) is 9.69 Å². The summed E-state index contributed by atoms with van der Waals surface area (Å²) in [6.45, 7) is 9.78. The Morgan fingerprint density at radius 3 is 2.64 bits per heavy atom. The summed E-state index contributed by atoms with van der Waals surface area (Å²) in [5.41, 5.74) is 0.248. The van der Waals surface area contributed by atoms with Crippen LogP contribution in [0.5, 0.6) is 0 Å². The van der Waals surface area contributed by atoms with Gasteiger partial charge in [-0.1, -0.05) is 0 Å². The van der Waals surface area contributed by atoms with Crippen LogP contribution in [0.15, 0.2) is 0 Å². The van der Waals surface area contributed by atoms with Crippen molar-refractivity contribution in [3.63, 3.8) is 0 Å². The number of fused-ring (bicyclic) bond motifs is 1. The van der Waals surface area contributed by atoms with Gasteiger partial charge in [-0.2, -0.15) is 0 Å². The molecule has 0 unspecified atom stereocenters. The van der Waals surface area contributed by atoms with Crippen molar-refractivity contribution in [3.05, 3.63) is 0 Å². The third-order valence-electron chi connectivity index (χ3n) is 3.44. The van der Waals surface area contributed by atoms with Gasteiger partial charge in [-0.05, 0) is 27.2 Å². The molecule has 0 radical (unpaired) electrons. The molecule has 14 heavy (non-hydrogen) atoms. The summed E-state index contributed by atoms with van der Waals surface area (Å²) in [4.78, 5) is 16.0. The topological polar surface area (TPSA) is 23.6 Å². The Labute approximate surface area is 86.1 Å². The van der Waals surface area contributed by atoms with Gasteiger partial charge in [0, 0.05) is 37.6 Å². The van der Waals surface area contributed by atoms with Gasteiger partial charge in [-0.25, -0.2) is 0 Å². The van der Waals surface area contributed by atoms with E-state index in [1.807, 2.05) is 0 Å². The lowest BCUT2D eigenvalue weighted by Gasteiger charge is -2.44. The van der Waals surface area contributed by atoms with Crippen LogP contribution in [0.3, 0.4) is 0 Å². The van der Waals surface area contributed by atoms with E-state index in [0.29, 0.717) is 11.9 Å². The number of rotatable bonds is 0. The van der Waals surface area contributed by atoms with Crippen LogP contribution in [0.2, 0.25) is 0 Å². The van der Waals surface area contributed by atoms with Crippen LogP contribution in [-0.4, -0.2) is 46.9 Å². The van der Waals surface area contributed by atoms with Crippen LogP contribution in [0, 0.1) is 0 Å². The molecule has 0 N–H and O–H groups in total. The molecule has 0 aromatic rings. The molecule has 1 amide bonds. The summed E-state index contributed by atoms with van der Waals surface area (Å²) in [5, 5.41) is 0. The fraction of sp³-hybridized carbons (Fsp3) is 0.909. The highest BCUT2D eigenvalue weighted by Crippen LogP contribution is 2.26. The summed E-state index contributed by atoms with van der Waals surface area (Å²) >= 11 is 0. The van der Waals surface area contributed by atoms with Crippen molar-refractivity contribution >= 4 is 5.91 Å². The van der Waals surface area contributed by atoms with Gasteiger partial charge < -0.3 is 4.90 Å². The molecule has 0 bridgehead atoms. The molecule has 2 rings (SSSR count). The first-order valence-electron chi connectivity index (χ1n) is 5.53. The third-order valence-corrected chi connectivity index (χ3v) is 3.44. The van der Waals surface area contributed by atoms with E-state index in [1.165, 1.54) is 0 Å². The average Bonchev–Trinajstić information content (AvgIpc) is 2.46. The lowest BCUT2D eigenvalue weighted by molar-refractivity contribution is -0.131. The first kappa shape index (κ1) is 9.97. The first-order chi connectivity index (χ1) is 6.48. The van der Waals surface area contributed by atoms with Crippen LogP contribution in [-0.2, 0) is 4.79 Å². The molecule has 0 aromatic heterocycles. The quantitative estimate of drug-likeness (QED) is 0.579. The molecule has 0 saturated carbocycles. The van der Waals surface area contributed by atoms with Gasteiger partial charge in [0.1, 0.15) is 0 Å². The van der Waals surface area contributed by atoms with E-state index in [1.54, 1.807) is 0 Å². The monoisotopic (exact) mass is 196 g/mol. The molecule has 1 atom stereocenters. The molecule has 3 nitrogen and oxygen atoms in total. The third kappa shape index (κ3) is 1.65. The van der Waals surface area contributed by atoms with Crippen molar-refractivity contribution in [2.75, 3.05) is 19.6 Å². The van der Waals surface area contributed by atoms with Crippen LogP contribution in [0.1, 0.15) is 33.6 Å². The second-order valence-corrected chi connectivity index (χ2v) is 5.40. The fourth-order valence-electron chi connectivity index (χ4n) is 2.47. The van der Waals surface area contributed by atoms with E-state index in [4.69, 9.17) is 0 Å². The summed E-state index contributed by atoms with van der Waals surface area (Å²) in [6, 6.07) is 0.496. The van der Waals surface area contributed by atoms with E-state index < -0.39 is 0 Å². The molecule has 0 spiro atoms. The minimum atomic E-state index is 0.248.